The normalized spacial score (nSPS) is 22.0. The van der Waals surface area contributed by atoms with Crippen molar-refractivity contribution in [2.24, 2.45) is 10.4 Å². The van der Waals surface area contributed by atoms with Crippen LogP contribution in [0.2, 0.25) is 0 Å². The van der Waals surface area contributed by atoms with E-state index in [2.05, 4.69) is 17.1 Å². The molecule has 0 bridgehead atoms. The maximum absolute atomic E-state index is 11.7. The number of hydrogen-bond donors (Lipinski definition) is 1. The Labute approximate surface area is 178 Å². The Morgan fingerprint density at radius 1 is 1.30 bits per heavy atom. The lowest BCUT2D eigenvalue weighted by molar-refractivity contribution is 0.0526. The Bertz CT molecular complexity index is 642. The van der Waals surface area contributed by atoms with E-state index >= 15 is 0 Å². The number of nitrogens with one attached hydrogen (secondary N) is 1. The highest BCUT2D eigenvalue weighted by atomic mass is 127. The zero-order chi connectivity index (χ0) is 18.4. The molecule has 0 aromatic heterocycles. The number of halogens is 1. The first-order chi connectivity index (χ1) is 12.7. The van der Waals surface area contributed by atoms with Gasteiger partial charge in [0.15, 0.2) is 5.96 Å². The predicted octanol–water partition coefficient (Wildman–Crippen LogP) is 3.06. The molecule has 7 heteroatoms. The molecule has 2 fully saturated rings. The Hall–Kier alpha value is -1.35. The van der Waals surface area contributed by atoms with Crippen LogP contribution in [-0.4, -0.2) is 56.3 Å². The monoisotopic (exact) mass is 487 g/mol. The first kappa shape index (κ1) is 21.9. The van der Waals surface area contributed by atoms with Crippen molar-refractivity contribution in [3.05, 3.63) is 35.4 Å². The number of ether oxygens (including phenoxy) is 2. The van der Waals surface area contributed by atoms with Gasteiger partial charge in [-0.25, -0.2) is 9.79 Å². The molecular formula is C20H30IN3O3. The van der Waals surface area contributed by atoms with E-state index in [1.807, 2.05) is 19.1 Å². The van der Waals surface area contributed by atoms with Crippen molar-refractivity contribution in [2.75, 3.05) is 39.5 Å². The van der Waals surface area contributed by atoms with Crippen LogP contribution in [-0.2, 0) is 16.0 Å². The third-order valence-corrected chi connectivity index (χ3v) is 5.13. The molecule has 0 saturated carbocycles. The lowest BCUT2D eigenvalue weighted by Crippen LogP contribution is -2.41. The van der Waals surface area contributed by atoms with Crippen molar-refractivity contribution < 1.29 is 14.3 Å². The lowest BCUT2D eigenvalue weighted by Gasteiger charge is -2.25. The second-order valence-electron chi connectivity index (χ2n) is 7.06. The summed E-state index contributed by atoms with van der Waals surface area (Å²) in [5, 5.41) is 3.41. The quantitative estimate of drug-likeness (QED) is 0.300. The maximum atomic E-state index is 11.7. The summed E-state index contributed by atoms with van der Waals surface area (Å²) < 4.78 is 10.6. The molecule has 3 rings (SSSR count). The van der Waals surface area contributed by atoms with E-state index in [0.717, 1.165) is 50.8 Å². The molecule has 6 nitrogen and oxygen atoms in total. The second-order valence-corrected chi connectivity index (χ2v) is 7.06. The largest absolute Gasteiger partial charge is 0.462 e. The minimum absolute atomic E-state index is 0. The third kappa shape index (κ3) is 5.57. The van der Waals surface area contributed by atoms with Gasteiger partial charge in [0.25, 0.3) is 0 Å². The third-order valence-electron chi connectivity index (χ3n) is 5.13. The van der Waals surface area contributed by atoms with E-state index in [0.29, 0.717) is 24.1 Å². The van der Waals surface area contributed by atoms with Crippen LogP contribution in [0, 0.1) is 5.41 Å². The number of hydrogen-bond acceptors (Lipinski definition) is 4. The number of esters is 1. The smallest absolute Gasteiger partial charge is 0.338 e. The number of nitrogens with zero attached hydrogens (tertiary/aromatic N) is 2. The number of guanidine groups is 1. The van der Waals surface area contributed by atoms with Gasteiger partial charge in [0.1, 0.15) is 0 Å². The molecule has 1 atom stereocenters. The van der Waals surface area contributed by atoms with Gasteiger partial charge in [-0.15, -0.1) is 24.0 Å². The van der Waals surface area contributed by atoms with Crippen molar-refractivity contribution >= 4 is 35.9 Å². The Kier molecular flexibility index (Phi) is 8.34. The molecular weight excluding hydrogens is 457 g/mol. The minimum atomic E-state index is -0.281. The molecule has 0 amide bonds. The van der Waals surface area contributed by atoms with Crippen molar-refractivity contribution in [1.29, 1.82) is 0 Å². The number of aliphatic imine (C=N–C) groups is 1. The second kappa shape index (κ2) is 10.3. The Balaban J connectivity index is 0.00000261. The first-order valence-electron chi connectivity index (χ1n) is 9.53. The van der Waals surface area contributed by atoms with Gasteiger partial charge in [-0.3, -0.25) is 0 Å². The van der Waals surface area contributed by atoms with Crippen molar-refractivity contribution in [3.63, 3.8) is 0 Å². The predicted molar refractivity (Wildman–Crippen MR) is 117 cm³/mol. The van der Waals surface area contributed by atoms with Gasteiger partial charge in [-0.2, -0.15) is 0 Å². The van der Waals surface area contributed by atoms with E-state index < -0.39 is 0 Å². The van der Waals surface area contributed by atoms with Crippen LogP contribution in [0.3, 0.4) is 0 Å². The van der Waals surface area contributed by atoms with Crippen LogP contribution in [0.4, 0.5) is 0 Å². The van der Waals surface area contributed by atoms with Crippen molar-refractivity contribution in [3.8, 4) is 0 Å². The SMILES string of the molecule is CCNC(=NCc1ccc(C(=O)OCC)cc1)N1CCC2(CCOC2)C1.I. The average molecular weight is 487 g/mol. The van der Waals surface area contributed by atoms with E-state index in [9.17, 15) is 4.79 Å². The van der Waals surface area contributed by atoms with Gasteiger partial charge in [-0.05, 0) is 44.4 Å². The minimum Gasteiger partial charge on any atom is -0.462 e. The molecule has 1 N–H and O–H groups in total. The molecule has 0 aliphatic carbocycles. The molecule has 1 spiro atoms. The van der Waals surface area contributed by atoms with Crippen LogP contribution < -0.4 is 5.32 Å². The highest BCUT2D eigenvalue weighted by molar-refractivity contribution is 14.0. The van der Waals surface area contributed by atoms with Crippen LogP contribution in [0.5, 0.6) is 0 Å². The molecule has 150 valence electrons. The van der Waals surface area contributed by atoms with Gasteiger partial charge in [0.05, 0.1) is 25.3 Å². The molecule has 2 aliphatic heterocycles. The standard InChI is InChI=1S/C20H29N3O3.HI/c1-3-21-19(23-11-9-20(14-23)10-12-25-15-20)22-13-16-5-7-17(8-6-16)18(24)26-4-2;/h5-8H,3-4,9-15H2,1-2H3,(H,21,22);1H. The summed E-state index contributed by atoms with van der Waals surface area (Å²) in [6.45, 7) is 9.52. The number of rotatable bonds is 5. The van der Waals surface area contributed by atoms with Gasteiger partial charge in [0, 0.05) is 31.7 Å². The molecule has 1 aromatic rings. The van der Waals surface area contributed by atoms with Crippen molar-refractivity contribution in [1.82, 2.24) is 10.2 Å². The fourth-order valence-corrected chi connectivity index (χ4v) is 3.64. The molecule has 1 unspecified atom stereocenters. The highest BCUT2D eigenvalue weighted by Crippen LogP contribution is 2.38. The number of benzene rings is 1. The van der Waals surface area contributed by atoms with Crippen molar-refractivity contribution in [2.45, 2.75) is 33.2 Å². The fraction of sp³-hybridized carbons (Fsp3) is 0.600. The summed E-state index contributed by atoms with van der Waals surface area (Å²) in [5.41, 5.74) is 1.97. The van der Waals surface area contributed by atoms with Gasteiger partial charge in [-0.1, -0.05) is 12.1 Å². The molecule has 2 saturated heterocycles. The number of carbonyl (C=O) groups is 1. The maximum Gasteiger partial charge on any atom is 0.338 e. The van der Waals surface area contributed by atoms with E-state index in [-0.39, 0.29) is 29.9 Å². The molecule has 0 radical (unpaired) electrons. The number of carbonyl (C=O) groups excluding carboxylic acids is 1. The van der Waals surface area contributed by atoms with Crippen LogP contribution in [0.25, 0.3) is 0 Å². The fourth-order valence-electron chi connectivity index (χ4n) is 3.64. The summed E-state index contributed by atoms with van der Waals surface area (Å²) in [6, 6.07) is 7.48. The molecule has 1 aromatic carbocycles. The zero-order valence-corrected chi connectivity index (χ0v) is 18.5. The van der Waals surface area contributed by atoms with Gasteiger partial charge < -0.3 is 19.7 Å². The summed E-state index contributed by atoms with van der Waals surface area (Å²) in [6.07, 6.45) is 2.32. The topological polar surface area (TPSA) is 63.2 Å². The summed E-state index contributed by atoms with van der Waals surface area (Å²) in [7, 11) is 0. The summed E-state index contributed by atoms with van der Waals surface area (Å²) in [5.74, 6) is 0.683. The molecule has 2 aliphatic rings. The Morgan fingerprint density at radius 2 is 2.07 bits per heavy atom. The van der Waals surface area contributed by atoms with Crippen LogP contribution in [0.1, 0.15) is 42.6 Å². The average Bonchev–Trinajstić information content (AvgIpc) is 3.29. The summed E-state index contributed by atoms with van der Waals surface area (Å²) in [4.78, 5) is 18.9. The molecule has 27 heavy (non-hydrogen) atoms. The lowest BCUT2D eigenvalue weighted by atomic mass is 9.87. The van der Waals surface area contributed by atoms with Gasteiger partial charge >= 0.3 is 5.97 Å². The van der Waals surface area contributed by atoms with Gasteiger partial charge in [0.2, 0.25) is 0 Å². The van der Waals surface area contributed by atoms with E-state index in [4.69, 9.17) is 14.5 Å². The van der Waals surface area contributed by atoms with Crippen LogP contribution >= 0.6 is 24.0 Å². The number of likely N-dealkylation sites (tertiary alicyclic amines) is 1. The van der Waals surface area contributed by atoms with Crippen LogP contribution in [0.15, 0.2) is 29.3 Å². The van der Waals surface area contributed by atoms with E-state index in [1.54, 1.807) is 12.1 Å². The Morgan fingerprint density at radius 3 is 2.70 bits per heavy atom. The highest BCUT2D eigenvalue weighted by Gasteiger charge is 2.42. The summed E-state index contributed by atoms with van der Waals surface area (Å²) >= 11 is 0. The first-order valence-corrected chi connectivity index (χ1v) is 9.53. The van der Waals surface area contributed by atoms with E-state index in [1.165, 1.54) is 6.42 Å². The molecule has 2 heterocycles. The zero-order valence-electron chi connectivity index (χ0n) is 16.2.